The summed E-state index contributed by atoms with van der Waals surface area (Å²) in [7, 11) is 1.90. The quantitative estimate of drug-likeness (QED) is 0.841. The number of hydrogen-bond donors (Lipinski definition) is 0. The first-order chi connectivity index (χ1) is 9.60. The first-order valence-electron chi connectivity index (χ1n) is 6.51. The van der Waals surface area contributed by atoms with E-state index in [9.17, 15) is 4.39 Å². The van der Waals surface area contributed by atoms with Crippen LogP contribution in [-0.2, 0) is 6.54 Å². The molecule has 0 unspecified atom stereocenters. The van der Waals surface area contributed by atoms with E-state index in [2.05, 4.69) is 9.97 Å². The second-order valence-electron chi connectivity index (χ2n) is 4.59. The fourth-order valence-corrected chi connectivity index (χ4v) is 1.86. The van der Waals surface area contributed by atoms with Crippen molar-refractivity contribution in [3.63, 3.8) is 0 Å². The van der Waals surface area contributed by atoms with Crippen LogP contribution in [0.25, 0.3) is 0 Å². The predicted octanol–water partition coefficient (Wildman–Crippen LogP) is 2.96. The van der Waals surface area contributed by atoms with E-state index in [1.807, 2.05) is 24.9 Å². The molecule has 106 valence electrons. The number of anilines is 1. The molecule has 0 amide bonds. The van der Waals surface area contributed by atoms with E-state index in [1.54, 1.807) is 25.1 Å². The van der Waals surface area contributed by atoms with Gasteiger partial charge in [-0.3, -0.25) is 0 Å². The third-order valence-electron chi connectivity index (χ3n) is 2.97. The number of nitrogens with zero attached hydrogens (tertiary/aromatic N) is 3. The van der Waals surface area contributed by atoms with Gasteiger partial charge in [0, 0.05) is 19.7 Å². The molecule has 0 bridgehead atoms. The summed E-state index contributed by atoms with van der Waals surface area (Å²) in [5.74, 6) is 1.09. The van der Waals surface area contributed by atoms with E-state index in [-0.39, 0.29) is 5.82 Å². The Kier molecular flexibility index (Phi) is 4.50. The number of halogens is 1. The predicted molar refractivity (Wildman–Crippen MR) is 76.4 cm³/mol. The summed E-state index contributed by atoms with van der Waals surface area (Å²) in [4.78, 5) is 10.1. The maximum atomic E-state index is 13.5. The molecule has 4 nitrogen and oxygen atoms in total. The smallest absolute Gasteiger partial charge is 0.218 e. The van der Waals surface area contributed by atoms with E-state index in [0.717, 1.165) is 11.4 Å². The minimum Gasteiger partial charge on any atom is -0.478 e. The van der Waals surface area contributed by atoms with Gasteiger partial charge in [0.2, 0.25) is 5.88 Å². The lowest BCUT2D eigenvalue weighted by molar-refractivity contribution is 0.326. The van der Waals surface area contributed by atoms with Gasteiger partial charge in [0.25, 0.3) is 0 Å². The first-order valence-corrected chi connectivity index (χ1v) is 6.51. The van der Waals surface area contributed by atoms with Crippen molar-refractivity contribution < 1.29 is 9.13 Å². The second-order valence-corrected chi connectivity index (χ2v) is 4.59. The lowest BCUT2D eigenvalue weighted by Crippen LogP contribution is -2.18. The molecule has 1 heterocycles. The molecule has 1 aromatic carbocycles. The highest BCUT2D eigenvalue weighted by atomic mass is 19.1. The molecule has 0 aliphatic rings. The van der Waals surface area contributed by atoms with Crippen molar-refractivity contribution in [2.45, 2.75) is 20.4 Å². The molecule has 5 heteroatoms. The van der Waals surface area contributed by atoms with E-state index in [1.165, 1.54) is 6.33 Å². The Morgan fingerprint density at radius 1 is 1.25 bits per heavy atom. The lowest BCUT2D eigenvalue weighted by Gasteiger charge is -2.18. The highest BCUT2D eigenvalue weighted by molar-refractivity contribution is 5.41. The Bertz CT molecular complexity index is 589. The van der Waals surface area contributed by atoms with E-state index >= 15 is 0 Å². The first kappa shape index (κ1) is 14.2. The number of ether oxygens (including phenoxy) is 1. The molecular formula is C15H18FN3O. The van der Waals surface area contributed by atoms with Gasteiger partial charge in [0.1, 0.15) is 18.0 Å². The van der Waals surface area contributed by atoms with Crippen LogP contribution < -0.4 is 9.64 Å². The Balaban J connectivity index is 2.12. The molecule has 2 rings (SSSR count). The Labute approximate surface area is 118 Å². The third kappa shape index (κ3) is 3.44. The van der Waals surface area contributed by atoms with Gasteiger partial charge in [-0.2, -0.15) is 0 Å². The molecule has 0 saturated heterocycles. The molecule has 0 atom stereocenters. The molecule has 0 N–H and O–H groups in total. The number of hydrogen-bond acceptors (Lipinski definition) is 4. The summed E-state index contributed by atoms with van der Waals surface area (Å²) in [5.41, 5.74) is 1.55. The van der Waals surface area contributed by atoms with Gasteiger partial charge < -0.3 is 9.64 Å². The van der Waals surface area contributed by atoms with Crippen molar-refractivity contribution in [2.24, 2.45) is 0 Å². The van der Waals surface area contributed by atoms with Gasteiger partial charge in [-0.05, 0) is 31.0 Å². The normalized spacial score (nSPS) is 10.4. The Morgan fingerprint density at radius 2 is 2.05 bits per heavy atom. The summed E-state index contributed by atoms with van der Waals surface area (Å²) in [6.07, 6.45) is 1.46. The minimum absolute atomic E-state index is 0.186. The summed E-state index contributed by atoms with van der Waals surface area (Å²) >= 11 is 0. The monoisotopic (exact) mass is 275 g/mol. The number of benzene rings is 1. The fraction of sp³-hybridized carbons (Fsp3) is 0.333. The van der Waals surface area contributed by atoms with Crippen LogP contribution in [0.15, 0.2) is 30.6 Å². The molecule has 2 aromatic rings. The lowest BCUT2D eigenvalue weighted by atomic mass is 10.1. The number of aryl methyl sites for hydroxylation is 1. The Morgan fingerprint density at radius 3 is 2.75 bits per heavy atom. The van der Waals surface area contributed by atoms with Gasteiger partial charge >= 0.3 is 0 Å². The molecule has 0 aliphatic heterocycles. The standard InChI is InChI=1S/C15H18FN3O/c1-4-20-15-8-14(17-10-18-15)19(3)9-12-6-5-11(2)13(16)7-12/h5-8,10H,4,9H2,1-3H3. The van der Waals surface area contributed by atoms with Crippen LogP contribution in [0.1, 0.15) is 18.1 Å². The summed E-state index contributed by atoms with van der Waals surface area (Å²) in [6.45, 7) is 4.78. The highest BCUT2D eigenvalue weighted by Gasteiger charge is 2.07. The molecule has 0 aliphatic carbocycles. The van der Waals surface area contributed by atoms with Crippen molar-refractivity contribution >= 4 is 5.82 Å². The average Bonchev–Trinajstić information content (AvgIpc) is 2.43. The van der Waals surface area contributed by atoms with Crippen LogP contribution in [0.5, 0.6) is 5.88 Å². The van der Waals surface area contributed by atoms with Crippen LogP contribution in [0, 0.1) is 12.7 Å². The molecule has 0 spiro atoms. The molecule has 1 aromatic heterocycles. The topological polar surface area (TPSA) is 38.2 Å². The second kappa shape index (κ2) is 6.32. The molecule has 0 radical (unpaired) electrons. The Hall–Kier alpha value is -2.17. The summed E-state index contributed by atoms with van der Waals surface area (Å²) in [6, 6.07) is 7.02. The molecule has 0 fully saturated rings. The zero-order chi connectivity index (χ0) is 14.5. The van der Waals surface area contributed by atoms with E-state index in [4.69, 9.17) is 4.74 Å². The zero-order valence-corrected chi connectivity index (χ0v) is 11.9. The van der Waals surface area contributed by atoms with Gasteiger partial charge in [-0.25, -0.2) is 14.4 Å². The largest absolute Gasteiger partial charge is 0.478 e. The number of aromatic nitrogens is 2. The number of rotatable bonds is 5. The molecule has 0 saturated carbocycles. The third-order valence-corrected chi connectivity index (χ3v) is 2.97. The summed E-state index contributed by atoms with van der Waals surface area (Å²) in [5, 5.41) is 0. The van der Waals surface area contributed by atoms with Crippen molar-refractivity contribution in [2.75, 3.05) is 18.6 Å². The van der Waals surface area contributed by atoms with Crippen LogP contribution in [0.2, 0.25) is 0 Å². The maximum Gasteiger partial charge on any atom is 0.218 e. The van der Waals surface area contributed by atoms with Gasteiger partial charge in [-0.15, -0.1) is 0 Å². The van der Waals surface area contributed by atoms with Gasteiger partial charge in [0.05, 0.1) is 6.61 Å². The van der Waals surface area contributed by atoms with Gasteiger partial charge in [0.15, 0.2) is 0 Å². The average molecular weight is 275 g/mol. The van der Waals surface area contributed by atoms with Crippen molar-refractivity contribution in [1.29, 1.82) is 0 Å². The van der Waals surface area contributed by atoms with Crippen LogP contribution in [-0.4, -0.2) is 23.6 Å². The van der Waals surface area contributed by atoms with Crippen molar-refractivity contribution in [3.05, 3.63) is 47.5 Å². The van der Waals surface area contributed by atoms with Crippen LogP contribution in [0.3, 0.4) is 0 Å². The fourth-order valence-electron chi connectivity index (χ4n) is 1.86. The van der Waals surface area contributed by atoms with E-state index in [0.29, 0.717) is 24.6 Å². The van der Waals surface area contributed by atoms with Crippen LogP contribution >= 0.6 is 0 Å². The van der Waals surface area contributed by atoms with Crippen molar-refractivity contribution in [1.82, 2.24) is 9.97 Å². The molecular weight excluding hydrogens is 257 g/mol. The molecule has 20 heavy (non-hydrogen) atoms. The van der Waals surface area contributed by atoms with Gasteiger partial charge in [-0.1, -0.05) is 12.1 Å². The SMILES string of the molecule is CCOc1cc(N(C)Cc2ccc(C)c(F)c2)ncn1. The summed E-state index contributed by atoms with van der Waals surface area (Å²) < 4.78 is 18.9. The van der Waals surface area contributed by atoms with Crippen LogP contribution in [0.4, 0.5) is 10.2 Å². The van der Waals surface area contributed by atoms with E-state index < -0.39 is 0 Å². The zero-order valence-electron chi connectivity index (χ0n) is 11.9. The minimum atomic E-state index is -0.186. The van der Waals surface area contributed by atoms with Crippen molar-refractivity contribution in [3.8, 4) is 5.88 Å². The maximum absolute atomic E-state index is 13.5. The highest BCUT2D eigenvalue weighted by Crippen LogP contribution is 2.17.